The molecule has 4 aromatic rings. The maximum atomic E-state index is 14.0. The van der Waals surface area contributed by atoms with Crippen molar-refractivity contribution in [2.75, 3.05) is 0 Å². The van der Waals surface area contributed by atoms with Crippen LogP contribution in [0.4, 0.5) is 4.39 Å². The third-order valence-electron chi connectivity index (χ3n) is 3.61. The third-order valence-corrected chi connectivity index (χ3v) is 5.13. The molecule has 8 heteroatoms. The van der Waals surface area contributed by atoms with E-state index in [0.717, 1.165) is 11.3 Å². The summed E-state index contributed by atoms with van der Waals surface area (Å²) in [5.74, 6) is -0.107. The molecule has 4 nitrogen and oxygen atoms in total. The summed E-state index contributed by atoms with van der Waals surface area (Å²) >= 11 is 13.2. The van der Waals surface area contributed by atoms with Crippen LogP contribution in [0.15, 0.2) is 47.3 Å². The van der Waals surface area contributed by atoms with Crippen LogP contribution in [0.1, 0.15) is 5.56 Å². The highest BCUT2D eigenvalue weighted by Crippen LogP contribution is 2.22. The Morgan fingerprint density at radius 2 is 1.92 bits per heavy atom. The van der Waals surface area contributed by atoms with E-state index in [9.17, 15) is 9.18 Å². The first-order valence-electron chi connectivity index (χ1n) is 7.14. The number of hydrogen-bond donors (Lipinski definition) is 0. The Morgan fingerprint density at radius 1 is 1.12 bits per heavy atom. The van der Waals surface area contributed by atoms with E-state index in [4.69, 9.17) is 23.2 Å². The van der Waals surface area contributed by atoms with Gasteiger partial charge in [0.25, 0.3) is 5.56 Å². The molecule has 0 radical (unpaired) electrons. The second kappa shape index (κ2) is 6.22. The third kappa shape index (κ3) is 2.82. The highest BCUT2D eigenvalue weighted by molar-refractivity contribution is 7.15. The van der Waals surface area contributed by atoms with Gasteiger partial charge in [0.05, 0.1) is 9.55 Å². The minimum Gasteiger partial charge on any atom is -0.267 e. The number of nitrogens with zero attached hydrogens (tertiary/aromatic N) is 3. The van der Waals surface area contributed by atoms with Crippen molar-refractivity contribution in [1.29, 1.82) is 0 Å². The molecular formula is C17H8Cl2FN3OS. The number of benzene rings is 2. The van der Waals surface area contributed by atoms with E-state index >= 15 is 0 Å². The van der Waals surface area contributed by atoms with Crippen molar-refractivity contribution in [3.8, 4) is 11.4 Å². The fraction of sp³-hybridized carbons (Fsp3) is 0. The fourth-order valence-corrected chi connectivity index (χ4v) is 3.76. The topological polar surface area (TPSA) is 47.3 Å². The normalized spacial score (nSPS) is 12.2. The van der Waals surface area contributed by atoms with Gasteiger partial charge in [-0.2, -0.15) is 0 Å². The van der Waals surface area contributed by atoms with E-state index in [1.165, 1.54) is 22.6 Å². The van der Waals surface area contributed by atoms with Crippen LogP contribution in [0.2, 0.25) is 10.0 Å². The molecule has 0 unspecified atom stereocenters. The largest absolute Gasteiger partial charge is 0.276 e. The molecule has 0 aliphatic rings. The molecule has 0 aliphatic carbocycles. The van der Waals surface area contributed by atoms with Gasteiger partial charge in [-0.05, 0) is 30.3 Å². The maximum Gasteiger partial charge on any atom is 0.276 e. The predicted octanol–water partition coefficient (Wildman–Crippen LogP) is 3.81. The van der Waals surface area contributed by atoms with Gasteiger partial charge in [-0.25, -0.2) is 8.79 Å². The zero-order chi connectivity index (χ0) is 17.6. The Kier molecular flexibility index (Phi) is 4.03. The van der Waals surface area contributed by atoms with Gasteiger partial charge in [-0.3, -0.25) is 4.79 Å². The van der Waals surface area contributed by atoms with Gasteiger partial charge in [0.2, 0.25) is 4.96 Å². The fourth-order valence-electron chi connectivity index (χ4n) is 2.46. The number of thiazole rings is 1. The van der Waals surface area contributed by atoms with Crippen LogP contribution >= 0.6 is 34.5 Å². The lowest BCUT2D eigenvalue weighted by Gasteiger charge is -1.98. The molecule has 0 aliphatic heterocycles. The van der Waals surface area contributed by atoms with Crippen molar-refractivity contribution in [2.45, 2.75) is 0 Å². The maximum absolute atomic E-state index is 14.0. The highest BCUT2D eigenvalue weighted by Gasteiger charge is 2.15. The summed E-state index contributed by atoms with van der Waals surface area (Å²) in [5.41, 5.74) is 0.507. The van der Waals surface area contributed by atoms with Crippen molar-refractivity contribution in [2.24, 2.45) is 0 Å². The molecule has 0 atom stereocenters. The van der Waals surface area contributed by atoms with Gasteiger partial charge >= 0.3 is 0 Å². The van der Waals surface area contributed by atoms with Crippen LogP contribution in [-0.2, 0) is 0 Å². The molecule has 2 aromatic carbocycles. The SMILES string of the molecule is O=c1/c(=C/c2c(F)cccc2Cl)sc2nnc(-c3cccc(Cl)c3)n12. The molecule has 4 rings (SSSR count). The second-order valence-electron chi connectivity index (χ2n) is 5.20. The van der Waals surface area contributed by atoms with Crippen LogP contribution in [0.3, 0.4) is 0 Å². The van der Waals surface area contributed by atoms with E-state index in [1.54, 1.807) is 30.3 Å². The van der Waals surface area contributed by atoms with Gasteiger partial charge in [0.15, 0.2) is 5.82 Å². The Morgan fingerprint density at radius 3 is 2.68 bits per heavy atom. The minimum atomic E-state index is -0.494. The molecule has 2 aromatic heterocycles. The van der Waals surface area contributed by atoms with Crippen LogP contribution in [0.5, 0.6) is 0 Å². The second-order valence-corrected chi connectivity index (χ2v) is 7.06. The zero-order valence-corrected chi connectivity index (χ0v) is 14.7. The quantitative estimate of drug-likeness (QED) is 0.521. The van der Waals surface area contributed by atoms with Crippen molar-refractivity contribution < 1.29 is 4.39 Å². The zero-order valence-electron chi connectivity index (χ0n) is 12.4. The molecule has 0 saturated heterocycles. The van der Waals surface area contributed by atoms with Crippen molar-refractivity contribution >= 4 is 45.6 Å². The molecule has 2 heterocycles. The molecule has 0 saturated carbocycles. The molecule has 25 heavy (non-hydrogen) atoms. The Labute approximate surface area is 154 Å². The van der Waals surface area contributed by atoms with E-state index in [2.05, 4.69) is 10.2 Å². The number of fused-ring (bicyclic) bond motifs is 1. The minimum absolute atomic E-state index is 0.169. The molecule has 0 bridgehead atoms. The van der Waals surface area contributed by atoms with E-state index in [0.29, 0.717) is 25.9 Å². The van der Waals surface area contributed by atoms with Crippen LogP contribution in [0.25, 0.3) is 22.4 Å². The van der Waals surface area contributed by atoms with Crippen LogP contribution in [-0.4, -0.2) is 14.6 Å². The molecule has 0 N–H and O–H groups in total. The monoisotopic (exact) mass is 391 g/mol. The molecule has 0 amide bonds. The summed E-state index contributed by atoms with van der Waals surface area (Å²) in [6.45, 7) is 0. The van der Waals surface area contributed by atoms with Crippen molar-refractivity contribution in [3.63, 3.8) is 0 Å². The standard InChI is InChI=1S/C17H8Cl2FN3OS/c18-10-4-1-3-9(7-10)15-21-22-17-23(15)16(24)14(25-17)8-11-12(19)5-2-6-13(11)20/h1-8H/b14-8-. The summed E-state index contributed by atoms with van der Waals surface area (Å²) in [4.78, 5) is 13.2. The first kappa shape index (κ1) is 16.2. The Hall–Kier alpha value is -2.28. The average Bonchev–Trinajstić information content (AvgIpc) is 3.12. The number of rotatable bonds is 2. The first-order chi connectivity index (χ1) is 12.0. The Balaban J connectivity index is 1.96. The number of aromatic nitrogens is 3. The molecule has 0 spiro atoms. The average molecular weight is 392 g/mol. The smallest absolute Gasteiger partial charge is 0.267 e. The van der Waals surface area contributed by atoms with Gasteiger partial charge in [-0.1, -0.05) is 52.7 Å². The van der Waals surface area contributed by atoms with Gasteiger partial charge < -0.3 is 0 Å². The summed E-state index contributed by atoms with van der Waals surface area (Å²) in [5, 5.41) is 8.86. The Bertz CT molecular complexity index is 1200. The lowest BCUT2D eigenvalue weighted by atomic mass is 10.2. The molecule has 0 fully saturated rings. The number of halogens is 3. The summed E-state index contributed by atoms with van der Waals surface area (Å²) < 4.78 is 15.7. The first-order valence-corrected chi connectivity index (χ1v) is 8.71. The lowest BCUT2D eigenvalue weighted by molar-refractivity contribution is 0.625. The van der Waals surface area contributed by atoms with E-state index in [-0.39, 0.29) is 16.1 Å². The van der Waals surface area contributed by atoms with Gasteiger partial charge in [0.1, 0.15) is 5.82 Å². The molecule has 124 valence electrons. The summed E-state index contributed by atoms with van der Waals surface area (Å²) in [7, 11) is 0. The van der Waals surface area contributed by atoms with Crippen LogP contribution < -0.4 is 10.1 Å². The van der Waals surface area contributed by atoms with Crippen LogP contribution in [0, 0.1) is 5.82 Å². The summed E-state index contributed by atoms with van der Waals surface area (Å²) in [6.07, 6.45) is 1.43. The van der Waals surface area contributed by atoms with E-state index < -0.39 is 5.82 Å². The molecular weight excluding hydrogens is 384 g/mol. The lowest BCUT2D eigenvalue weighted by Crippen LogP contribution is -2.23. The highest BCUT2D eigenvalue weighted by atomic mass is 35.5. The van der Waals surface area contributed by atoms with Crippen molar-refractivity contribution in [3.05, 3.63) is 78.8 Å². The van der Waals surface area contributed by atoms with Gasteiger partial charge in [-0.15, -0.1) is 10.2 Å². The van der Waals surface area contributed by atoms with E-state index in [1.807, 2.05) is 0 Å². The van der Waals surface area contributed by atoms with Gasteiger partial charge in [0, 0.05) is 16.1 Å². The van der Waals surface area contributed by atoms with Crippen molar-refractivity contribution in [1.82, 2.24) is 14.6 Å². The summed E-state index contributed by atoms with van der Waals surface area (Å²) in [6, 6.07) is 11.4. The predicted molar refractivity (Wildman–Crippen MR) is 97.8 cm³/mol. The number of hydrogen-bond acceptors (Lipinski definition) is 4.